The van der Waals surface area contributed by atoms with Crippen LogP contribution < -0.4 is 14.9 Å². The van der Waals surface area contributed by atoms with Crippen LogP contribution >= 0.6 is 0 Å². The summed E-state index contributed by atoms with van der Waals surface area (Å²) in [5.74, 6) is -0.460. The molecule has 0 heterocycles. The maximum Gasteiger partial charge on any atom is 0.251 e. The molecule has 1 amide bonds. The number of sulfonamides is 1. The van der Waals surface area contributed by atoms with Crippen molar-refractivity contribution in [2.75, 3.05) is 24.2 Å². The lowest BCUT2D eigenvalue weighted by atomic mass is 9.97. The third kappa shape index (κ3) is 8.37. The minimum atomic E-state index is -3.61. The summed E-state index contributed by atoms with van der Waals surface area (Å²) in [4.78, 5) is 13.6. The van der Waals surface area contributed by atoms with Crippen LogP contribution in [0, 0.1) is 0 Å². The van der Waals surface area contributed by atoms with Crippen LogP contribution in [0.15, 0.2) is 78.9 Å². The van der Waals surface area contributed by atoms with Gasteiger partial charge in [-0.1, -0.05) is 60.7 Å². The molecule has 208 valence electrons. The van der Waals surface area contributed by atoms with Gasteiger partial charge in [-0.05, 0) is 54.2 Å². The average molecular weight is 552 g/mol. The van der Waals surface area contributed by atoms with Crippen LogP contribution in [0.4, 0.5) is 5.69 Å². The first kappa shape index (κ1) is 28.8. The van der Waals surface area contributed by atoms with E-state index in [2.05, 4.69) is 10.6 Å². The van der Waals surface area contributed by atoms with Crippen molar-refractivity contribution in [2.24, 2.45) is 0 Å². The molecule has 39 heavy (non-hydrogen) atoms. The van der Waals surface area contributed by atoms with Crippen molar-refractivity contribution in [1.29, 1.82) is 0 Å². The fourth-order valence-electron chi connectivity index (χ4n) is 4.41. The van der Waals surface area contributed by atoms with E-state index in [0.29, 0.717) is 31.0 Å². The first-order valence-corrected chi connectivity index (χ1v) is 15.0. The molecule has 9 heteroatoms. The Hall–Kier alpha value is -3.24. The zero-order valence-corrected chi connectivity index (χ0v) is 23.1. The Morgan fingerprint density at radius 2 is 1.54 bits per heavy atom. The van der Waals surface area contributed by atoms with Crippen molar-refractivity contribution in [2.45, 2.75) is 50.0 Å². The second kappa shape index (κ2) is 12.7. The number of benzene rings is 3. The largest absolute Gasteiger partial charge is 0.390 e. The summed E-state index contributed by atoms with van der Waals surface area (Å²) in [6.45, 7) is 0.348. The summed E-state index contributed by atoms with van der Waals surface area (Å²) < 4.78 is 25.7. The quantitative estimate of drug-likeness (QED) is 0.259. The van der Waals surface area contributed by atoms with Gasteiger partial charge in [0.25, 0.3) is 5.91 Å². The van der Waals surface area contributed by atoms with Crippen molar-refractivity contribution < 1.29 is 23.4 Å². The molecule has 8 nitrogen and oxygen atoms in total. The van der Waals surface area contributed by atoms with E-state index in [9.17, 15) is 23.4 Å². The molecule has 3 aromatic carbocycles. The van der Waals surface area contributed by atoms with Crippen LogP contribution in [0.1, 0.15) is 46.0 Å². The minimum absolute atomic E-state index is 0.200. The van der Waals surface area contributed by atoms with E-state index in [1.54, 1.807) is 12.1 Å². The first-order chi connectivity index (χ1) is 18.6. The van der Waals surface area contributed by atoms with Gasteiger partial charge in [0.15, 0.2) is 0 Å². The van der Waals surface area contributed by atoms with Gasteiger partial charge in [0.1, 0.15) is 0 Å². The number of hydrogen-bond donors (Lipinski definition) is 4. The number of anilines is 1. The molecule has 0 aliphatic heterocycles. The number of aliphatic hydroxyl groups is 2. The molecular weight excluding hydrogens is 514 g/mol. The van der Waals surface area contributed by atoms with Gasteiger partial charge < -0.3 is 20.8 Å². The molecule has 1 aliphatic rings. The van der Waals surface area contributed by atoms with Gasteiger partial charge >= 0.3 is 0 Å². The van der Waals surface area contributed by atoms with Gasteiger partial charge in [-0.3, -0.25) is 9.10 Å². The number of carbonyl (C=O) groups is 1. The Morgan fingerprint density at radius 1 is 0.949 bits per heavy atom. The summed E-state index contributed by atoms with van der Waals surface area (Å²) in [6.07, 6.45) is 2.18. The number of hydrogen-bond acceptors (Lipinski definition) is 6. The smallest absolute Gasteiger partial charge is 0.251 e. The SMILES string of the molecule is CN(c1cc(C(=O)N[C@@H](Cc2ccccc2)[C@H](O)CNC2CC2)cc(C(O)Cc2ccccc2)c1)S(C)(=O)=O. The fraction of sp³-hybridized carbons (Fsp3) is 0.367. The Balaban J connectivity index is 1.61. The number of nitrogens with one attached hydrogen (secondary N) is 2. The lowest BCUT2D eigenvalue weighted by Crippen LogP contribution is -2.49. The lowest BCUT2D eigenvalue weighted by Gasteiger charge is -2.26. The van der Waals surface area contributed by atoms with E-state index in [1.807, 2.05) is 60.7 Å². The van der Waals surface area contributed by atoms with E-state index in [-0.39, 0.29) is 11.3 Å². The molecule has 4 N–H and O–H groups in total. The summed E-state index contributed by atoms with van der Waals surface area (Å²) in [5, 5.41) is 28.3. The van der Waals surface area contributed by atoms with E-state index in [4.69, 9.17) is 0 Å². The van der Waals surface area contributed by atoms with Gasteiger partial charge in [0.05, 0.1) is 30.2 Å². The maximum absolute atomic E-state index is 13.6. The molecule has 1 fully saturated rings. The summed E-state index contributed by atoms with van der Waals surface area (Å²) in [6, 6.07) is 23.5. The minimum Gasteiger partial charge on any atom is -0.390 e. The molecule has 3 aromatic rings. The van der Waals surface area contributed by atoms with Crippen molar-refractivity contribution in [1.82, 2.24) is 10.6 Å². The van der Waals surface area contributed by atoms with Crippen LogP contribution in [0.5, 0.6) is 0 Å². The van der Waals surface area contributed by atoms with Gasteiger partial charge in [-0.2, -0.15) is 0 Å². The molecule has 1 saturated carbocycles. The first-order valence-electron chi connectivity index (χ1n) is 13.2. The maximum atomic E-state index is 13.6. The Bertz CT molecular complexity index is 1350. The second-order valence-electron chi connectivity index (χ2n) is 10.3. The zero-order chi connectivity index (χ0) is 28.0. The topological polar surface area (TPSA) is 119 Å². The predicted octanol–water partition coefficient (Wildman–Crippen LogP) is 2.81. The van der Waals surface area contributed by atoms with Crippen molar-refractivity contribution in [3.63, 3.8) is 0 Å². The van der Waals surface area contributed by atoms with E-state index in [1.165, 1.54) is 13.1 Å². The Kier molecular flexibility index (Phi) is 9.40. The number of aliphatic hydroxyl groups excluding tert-OH is 2. The highest BCUT2D eigenvalue weighted by Gasteiger charge is 2.27. The third-order valence-electron chi connectivity index (χ3n) is 6.99. The third-order valence-corrected chi connectivity index (χ3v) is 8.20. The van der Waals surface area contributed by atoms with Gasteiger partial charge in [0, 0.05) is 31.6 Å². The van der Waals surface area contributed by atoms with Crippen LogP contribution in [-0.4, -0.2) is 62.6 Å². The van der Waals surface area contributed by atoms with Crippen LogP contribution in [0.2, 0.25) is 0 Å². The molecule has 1 aliphatic carbocycles. The van der Waals surface area contributed by atoms with Crippen LogP contribution in [-0.2, 0) is 22.9 Å². The normalized spacial score (nSPS) is 15.8. The number of amides is 1. The Morgan fingerprint density at radius 3 is 2.10 bits per heavy atom. The molecule has 0 spiro atoms. The monoisotopic (exact) mass is 551 g/mol. The van der Waals surface area contributed by atoms with Crippen LogP contribution in [0.3, 0.4) is 0 Å². The summed E-state index contributed by atoms with van der Waals surface area (Å²) in [5.41, 5.74) is 2.77. The fourth-order valence-corrected chi connectivity index (χ4v) is 4.90. The number of rotatable bonds is 13. The van der Waals surface area contributed by atoms with Gasteiger partial charge in [-0.25, -0.2) is 8.42 Å². The molecule has 0 saturated heterocycles. The molecule has 3 atom stereocenters. The highest BCUT2D eigenvalue weighted by molar-refractivity contribution is 7.92. The number of carbonyl (C=O) groups excluding carboxylic acids is 1. The summed E-state index contributed by atoms with van der Waals surface area (Å²) >= 11 is 0. The second-order valence-corrected chi connectivity index (χ2v) is 12.3. The highest BCUT2D eigenvalue weighted by atomic mass is 32.2. The standard InChI is InChI=1S/C30H37N3O5S/c1-33(39(2,37)38)26-18-23(28(34)16-22-11-7-4-8-12-22)17-24(19-26)30(36)32-27(15-21-9-5-3-6-10-21)29(35)20-31-25-13-14-25/h3-12,17-19,25,27-29,31,34-35H,13-16,20H2,1-2H3,(H,32,36)/t27-,28?,29+/m0/s1. The zero-order valence-electron chi connectivity index (χ0n) is 22.3. The molecule has 0 radical (unpaired) electrons. The van der Waals surface area contributed by atoms with Crippen molar-refractivity contribution in [3.8, 4) is 0 Å². The molecule has 0 aromatic heterocycles. The average Bonchev–Trinajstić information content (AvgIpc) is 3.76. The van der Waals surface area contributed by atoms with Crippen LogP contribution in [0.25, 0.3) is 0 Å². The highest BCUT2D eigenvalue weighted by Crippen LogP contribution is 2.27. The van der Waals surface area contributed by atoms with Crippen molar-refractivity contribution >= 4 is 21.6 Å². The number of nitrogens with zero attached hydrogens (tertiary/aromatic N) is 1. The van der Waals surface area contributed by atoms with E-state index < -0.39 is 34.2 Å². The Labute approximate surface area is 230 Å². The molecule has 0 bridgehead atoms. The van der Waals surface area contributed by atoms with E-state index in [0.717, 1.165) is 34.5 Å². The lowest BCUT2D eigenvalue weighted by molar-refractivity contribution is 0.0829. The molecule has 4 rings (SSSR count). The van der Waals surface area contributed by atoms with Crippen molar-refractivity contribution in [3.05, 3.63) is 101 Å². The molecular formula is C30H37N3O5S. The van der Waals surface area contributed by atoms with E-state index >= 15 is 0 Å². The van der Waals surface area contributed by atoms with Gasteiger partial charge in [-0.15, -0.1) is 0 Å². The predicted molar refractivity (Wildman–Crippen MR) is 153 cm³/mol. The molecule has 1 unspecified atom stereocenters. The summed E-state index contributed by atoms with van der Waals surface area (Å²) in [7, 11) is -2.21. The van der Waals surface area contributed by atoms with Gasteiger partial charge in [0.2, 0.25) is 10.0 Å².